The second-order valence-electron chi connectivity index (χ2n) is 20.3. The molecule has 20 nitrogen and oxygen atoms in total. The Kier molecular flexibility index (Phi) is 13.2. The van der Waals surface area contributed by atoms with Crippen LogP contribution in [0.15, 0.2) is 70.1 Å². The van der Waals surface area contributed by atoms with Crippen LogP contribution in [0.25, 0.3) is 133 Å². The van der Waals surface area contributed by atoms with Gasteiger partial charge in [0.25, 0.3) is 0 Å². The second-order valence-corrected chi connectivity index (χ2v) is 29.0. The first-order chi connectivity index (χ1) is 41.6. The van der Waals surface area contributed by atoms with Crippen molar-refractivity contribution in [3.8, 4) is 88.4 Å². The summed E-state index contributed by atoms with van der Waals surface area (Å²) >= 11 is 14.3. The van der Waals surface area contributed by atoms with Gasteiger partial charge in [0.15, 0.2) is 69.2 Å². The molecule has 4 saturated heterocycles. The molecule has 0 unspecified atom stereocenters. The van der Waals surface area contributed by atoms with Crippen molar-refractivity contribution in [1.29, 1.82) is 0 Å². The monoisotopic (exact) mass is 1250 g/mol. The maximum absolute atomic E-state index is 5.58. The first-order valence-corrected chi connectivity index (χ1v) is 35.7. The average Bonchev–Trinajstić information content (AvgIpc) is 2.98. The summed E-state index contributed by atoms with van der Waals surface area (Å²) in [4.78, 5) is 97.7. The summed E-state index contributed by atoms with van der Waals surface area (Å²) in [7, 11) is 0. The van der Waals surface area contributed by atoms with E-state index in [1.54, 1.807) is 45.3 Å². The maximum Gasteiger partial charge on any atom is 0.184 e. The fraction of sp³-hybridized carbons (Fsp3) is 0.286. The largest absolute Gasteiger partial charge is 0.353 e. The Hall–Kier alpha value is -6.92. The van der Waals surface area contributed by atoms with Gasteiger partial charge in [-0.1, -0.05) is 24.3 Å². The maximum atomic E-state index is 5.58. The van der Waals surface area contributed by atoms with Gasteiger partial charge >= 0.3 is 0 Å². The third-order valence-electron chi connectivity index (χ3n) is 15.3. The van der Waals surface area contributed by atoms with E-state index in [0.717, 1.165) is 164 Å². The Morgan fingerprint density at radius 3 is 0.821 bits per heavy atom. The van der Waals surface area contributed by atoms with Crippen molar-refractivity contribution < 1.29 is 0 Å². The first kappa shape index (κ1) is 51.5. The predicted molar refractivity (Wildman–Crippen MR) is 350 cm³/mol. The zero-order valence-corrected chi connectivity index (χ0v) is 51.1. The third kappa shape index (κ3) is 9.07. The van der Waals surface area contributed by atoms with Crippen LogP contribution >= 0.6 is 92.4 Å². The molecule has 0 aromatic carbocycles. The number of thioether (sulfide) groups is 4. The number of nitrogens with zero attached hydrogens (tertiary/aromatic N) is 18. The molecule has 11 aromatic rings. The Labute approximate surface area is 512 Å². The number of anilines is 4. The van der Waals surface area contributed by atoms with Gasteiger partial charge in [-0.25, -0.2) is 69.8 Å². The van der Waals surface area contributed by atoms with Gasteiger partial charge in [-0.3, -0.25) is 0 Å². The lowest BCUT2D eigenvalue weighted by molar-refractivity contribution is 0.837. The molecule has 4 fully saturated rings. The smallest absolute Gasteiger partial charge is 0.184 e. The van der Waals surface area contributed by atoms with Crippen molar-refractivity contribution in [1.82, 2.24) is 79.7 Å². The summed E-state index contributed by atoms with van der Waals surface area (Å²) in [5, 5.41) is 8.31. The quantitative estimate of drug-likeness (QED) is 0.144. The standard InChI is InChI=1S/C56H46N20S8/c1-5-29(81-17-1)33-53(73-9-21-77-22-10-73)61-41-37(57-33)45-65-49(41)70-46-39-43(63-55(75-13-25-79-26-14-75)35(59-39)31-7-3-19-83-31)51(67-46)72-48-40-44(64-56(76-15-27-80-28-16-76)36(60-40)32-8-4-20-84-32)52(68-48)71-47-38-42(50(66-47)69-45)62-54(74-11-23-78-24-12-74)34(58-38)30-6-2-18-82-30/h1-8,17-20H,9-16,21-28H2,(H2,65,66,67,68,69,70,71,72). The summed E-state index contributed by atoms with van der Waals surface area (Å²) < 4.78 is 0. The number of hydrogen-bond donors (Lipinski definition) is 2. The highest BCUT2D eigenvalue weighted by Gasteiger charge is 2.34. The first-order valence-electron chi connectivity index (χ1n) is 27.6. The lowest BCUT2D eigenvalue weighted by Crippen LogP contribution is -2.33. The van der Waals surface area contributed by atoms with Gasteiger partial charge in [-0.05, 0) is 45.8 Å². The van der Waals surface area contributed by atoms with Crippen molar-refractivity contribution in [3.05, 3.63) is 70.1 Å². The molecule has 84 heavy (non-hydrogen) atoms. The SMILES string of the molecule is c1csc(-c2nc3c(nc2N2CCSCC2)-c2nc-3nc3[nH]c(nc4nc(nc5[nH]c(n2)c2nc(-c6cccs6)c(N6CCSCC6)nc52)-c2nc(-c5cccs5)c(N5CCSCC5)nc2-4)c2nc(-c4cccs4)c(N4CCSCC4)nc32)c1. The van der Waals surface area contributed by atoms with Crippen molar-refractivity contribution in [2.24, 2.45) is 0 Å². The summed E-state index contributed by atoms with van der Waals surface area (Å²) in [5.74, 6) is 12.2. The van der Waals surface area contributed by atoms with Crippen LogP contribution in [-0.4, -0.2) is 178 Å². The number of aromatic amines is 2. The highest BCUT2D eigenvalue weighted by atomic mass is 32.2. The molecule has 17 rings (SSSR count). The fourth-order valence-electron chi connectivity index (χ4n) is 11.2. The van der Waals surface area contributed by atoms with Crippen LogP contribution in [0.4, 0.5) is 23.3 Å². The molecule has 11 aromatic heterocycles. The van der Waals surface area contributed by atoms with E-state index >= 15 is 0 Å². The molecule has 0 aliphatic carbocycles. The number of H-pyrrole nitrogens is 2. The minimum atomic E-state index is 0.309. The van der Waals surface area contributed by atoms with Gasteiger partial charge in [0, 0.05) is 98.4 Å². The van der Waals surface area contributed by atoms with E-state index in [1.807, 2.05) is 47.0 Å². The lowest BCUT2D eigenvalue weighted by Gasteiger charge is -2.29. The molecule has 0 atom stereocenters. The van der Waals surface area contributed by atoms with Crippen LogP contribution in [0.3, 0.4) is 0 Å². The molecule has 0 saturated carbocycles. The number of fused-ring (bicyclic) bond motifs is 20. The van der Waals surface area contributed by atoms with E-state index in [9.17, 15) is 0 Å². The Balaban J connectivity index is 1.01. The normalized spacial score (nSPS) is 16.5. The molecule has 0 radical (unpaired) electrons. The molecular formula is C56H46N20S8. The number of rotatable bonds is 8. The lowest BCUT2D eigenvalue weighted by atomic mass is 10.2. The van der Waals surface area contributed by atoms with Crippen LogP contribution in [0.2, 0.25) is 0 Å². The number of thiophene rings is 4. The van der Waals surface area contributed by atoms with E-state index in [0.29, 0.717) is 90.7 Å². The zero-order valence-electron chi connectivity index (χ0n) is 44.6. The Bertz CT molecular complexity index is 4220. The van der Waals surface area contributed by atoms with Crippen molar-refractivity contribution in [3.63, 3.8) is 0 Å². The highest BCUT2D eigenvalue weighted by molar-refractivity contribution is 8.00. The molecule has 28 heteroatoms. The predicted octanol–water partition coefficient (Wildman–Crippen LogP) is 11.2. The number of hydrogen-bond acceptors (Lipinski definition) is 26. The van der Waals surface area contributed by atoms with E-state index < -0.39 is 0 Å². The summed E-state index contributed by atoms with van der Waals surface area (Å²) in [6.45, 7) is 6.57. The van der Waals surface area contributed by atoms with E-state index in [4.69, 9.17) is 69.8 Å². The molecule has 8 bridgehead atoms. The van der Waals surface area contributed by atoms with Gasteiger partial charge in [-0.2, -0.15) is 47.0 Å². The van der Waals surface area contributed by atoms with Gasteiger partial charge in [0.2, 0.25) is 0 Å². The minimum absolute atomic E-state index is 0.309. The molecule has 0 amide bonds. The summed E-state index contributed by atoms with van der Waals surface area (Å²) in [6, 6.07) is 16.6. The van der Waals surface area contributed by atoms with Gasteiger partial charge in [0.05, 0.1) is 19.5 Å². The number of aromatic nitrogens is 16. The molecule has 17 heterocycles. The third-order valence-corrected chi connectivity index (χ3v) is 22.6. The summed E-state index contributed by atoms with van der Waals surface area (Å²) in [6.07, 6.45) is 0. The molecule has 418 valence electrons. The van der Waals surface area contributed by atoms with Gasteiger partial charge in [0.1, 0.15) is 67.6 Å². The van der Waals surface area contributed by atoms with Crippen molar-refractivity contribution in [2.45, 2.75) is 0 Å². The summed E-state index contributed by atoms with van der Waals surface area (Å²) in [5.41, 5.74) is 8.69. The molecule has 6 aliphatic heterocycles. The average molecular weight is 1260 g/mol. The Morgan fingerprint density at radius 2 is 0.536 bits per heavy atom. The van der Waals surface area contributed by atoms with E-state index in [2.05, 4.69) is 99.6 Å². The fourth-order valence-corrected chi connectivity index (χ4v) is 17.7. The minimum Gasteiger partial charge on any atom is -0.353 e. The van der Waals surface area contributed by atoms with Crippen LogP contribution in [0.1, 0.15) is 0 Å². The Morgan fingerprint density at radius 1 is 0.274 bits per heavy atom. The van der Waals surface area contributed by atoms with Crippen LogP contribution in [0.5, 0.6) is 0 Å². The van der Waals surface area contributed by atoms with Crippen molar-refractivity contribution >= 4 is 160 Å². The van der Waals surface area contributed by atoms with Crippen LogP contribution in [0, 0.1) is 0 Å². The van der Waals surface area contributed by atoms with Crippen LogP contribution in [-0.2, 0) is 0 Å². The number of nitrogens with one attached hydrogen (secondary N) is 2. The molecule has 6 aliphatic rings. The van der Waals surface area contributed by atoms with Gasteiger partial charge < -0.3 is 29.6 Å². The zero-order chi connectivity index (χ0) is 55.2. The molecule has 0 spiro atoms. The second kappa shape index (κ2) is 21.5. The van der Waals surface area contributed by atoms with Crippen molar-refractivity contribution in [2.75, 3.05) is 118 Å². The van der Waals surface area contributed by atoms with Crippen LogP contribution < -0.4 is 19.6 Å². The molecule has 2 N–H and O–H groups in total. The van der Waals surface area contributed by atoms with Gasteiger partial charge in [-0.15, -0.1) is 45.3 Å². The molecular weight excluding hydrogens is 1210 g/mol. The van der Waals surface area contributed by atoms with E-state index in [-0.39, 0.29) is 0 Å². The highest BCUT2D eigenvalue weighted by Crippen LogP contribution is 2.44. The topological polar surface area (TPSA) is 225 Å². The van der Waals surface area contributed by atoms with E-state index in [1.165, 1.54) is 0 Å².